The van der Waals surface area contributed by atoms with Gasteiger partial charge in [-0.2, -0.15) is 0 Å². The van der Waals surface area contributed by atoms with Crippen molar-refractivity contribution < 1.29 is 22.3 Å². The third-order valence-corrected chi connectivity index (χ3v) is 8.72. The Morgan fingerprint density at radius 2 is 2.00 bits per heavy atom. The maximum absolute atomic E-state index is 15.0. The number of cyclic esters (lactones) is 1. The summed E-state index contributed by atoms with van der Waals surface area (Å²) in [5.41, 5.74) is 7.63. The molecule has 0 radical (unpaired) electrons. The minimum absolute atomic E-state index is 0.0896. The molecule has 1 amide bonds. The molecule has 2 N–H and O–H groups in total. The van der Waals surface area contributed by atoms with Gasteiger partial charge >= 0.3 is 6.09 Å². The maximum atomic E-state index is 15.0. The van der Waals surface area contributed by atoms with E-state index in [1.807, 2.05) is 0 Å². The third kappa shape index (κ3) is 3.36. The van der Waals surface area contributed by atoms with Crippen LogP contribution in [0.2, 0.25) is 0 Å². The standard InChI is InChI=1S/C22H21FN6O4S/c23-19-7-14(29-10-15(33-21(29)30)9-28-6-5-26-27-28)2-3-16(19)13-1-4-20(25-8-13)22(24)17-11-34(31,32)12-18(17)22/h1-8,15,17-18H,9-12,24H2/t15-,17-,18+,22-/m0/s1. The number of hydrogen-bond acceptors (Lipinski definition) is 8. The Labute approximate surface area is 194 Å². The van der Waals surface area contributed by atoms with E-state index in [0.29, 0.717) is 29.1 Å². The smallest absolute Gasteiger partial charge is 0.414 e. The highest BCUT2D eigenvalue weighted by Crippen LogP contribution is 2.60. The molecule has 2 saturated heterocycles. The maximum Gasteiger partial charge on any atom is 0.414 e. The quantitative estimate of drug-likeness (QED) is 0.574. The van der Waals surface area contributed by atoms with Crippen LogP contribution in [0.5, 0.6) is 0 Å². The van der Waals surface area contributed by atoms with Crippen molar-refractivity contribution >= 4 is 21.6 Å². The molecule has 4 atom stereocenters. The highest BCUT2D eigenvalue weighted by Gasteiger charge is 2.69. The van der Waals surface area contributed by atoms with E-state index < -0.39 is 33.4 Å². The molecule has 1 aliphatic carbocycles. The number of halogens is 1. The molecule has 4 heterocycles. The summed E-state index contributed by atoms with van der Waals surface area (Å²) < 4.78 is 45.4. The molecule has 0 unspecified atom stereocenters. The van der Waals surface area contributed by atoms with Gasteiger partial charge in [0.15, 0.2) is 9.84 Å². The third-order valence-electron chi connectivity index (χ3n) is 6.99. The fourth-order valence-electron chi connectivity index (χ4n) is 5.15. The Balaban J connectivity index is 1.18. The van der Waals surface area contributed by atoms with Gasteiger partial charge in [0.1, 0.15) is 11.9 Å². The van der Waals surface area contributed by atoms with Crippen molar-refractivity contribution in [2.75, 3.05) is 23.0 Å². The summed E-state index contributed by atoms with van der Waals surface area (Å²) in [7, 11) is -3.01. The number of carbonyl (C=O) groups excluding carboxylic acids is 1. The van der Waals surface area contributed by atoms with Gasteiger partial charge in [-0.15, -0.1) is 5.10 Å². The number of hydrogen-bond donors (Lipinski definition) is 1. The second kappa shape index (κ2) is 7.31. The molecule has 0 spiro atoms. The Kier molecular flexibility index (Phi) is 4.55. The highest BCUT2D eigenvalue weighted by molar-refractivity contribution is 7.91. The Morgan fingerprint density at radius 3 is 2.65 bits per heavy atom. The van der Waals surface area contributed by atoms with Crippen LogP contribution in [-0.4, -0.2) is 58.6 Å². The first-order valence-corrected chi connectivity index (χ1v) is 12.6. The van der Waals surface area contributed by atoms with Crippen molar-refractivity contribution in [3.8, 4) is 11.1 Å². The van der Waals surface area contributed by atoms with Crippen LogP contribution in [0.3, 0.4) is 0 Å². The molecule has 34 heavy (non-hydrogen) atoms. The van der Waals surface area contributed by atoms with Gasteiger partial charge in [0.05, 0.1) is 47.7 Å². The predicted octanol–water partition coefficient (Wildman–Crippen LogP) is 1.33. The molecule has 2 aromatic heterocycles. The molecule has 10 nitrogen and oxygen atoms in total. The van der Waals surface area contributed by atoms with Crippen molar-refractivity contribution in [3.63, 3.8) is 0 Å². The van der Waals surface area contributed by atoms with Gasteiger partial charge in [0.25, 0.3) is 0 Å². The molecule has 3 aliphatic rings. The summed E-state index contributed by atoms with van der Waals surface area (Å²) in [6.07, 6.45) is 3.79. The van der Waals surface area contributed by atoms with Crippen molar-refractivity contribution in [2.24, 2.45) is 17.6 Å². The molecule has 2 aliphatic heterocycles. The van der Waals surface area contributed by atoms with Gasteiger partial charge in [-0.25, -0.2) is 22.3 Å². The van der Waals surface area contributed by atoms with Crippen molar-refractivity contribution in [1.29, 1.82) is 0 Å². The zero-order valence-corrected chi connectivity index (χ0v) is 18.7. The Hall–Kier alpha value is -3.38. The highest BCUT2D eigenvalue weighted by atomic mass is 32.2. The van der Waals surface area contributed by atoms with Crippen LogP contribution in [0.1, 0.15) is 5.69 Å². The summed E-state index contributed by atoms with van der Waals surface area (Å²) >= 11 is 0. The summed E-state index contributed by atoms with van der Waals surface area (Å²) in [5.74, 6) is -0.545. The minimum Gasteiger partial charge on any atom is -0.442 e. The van der Waals surface area contributed by atoms with E-state index in [1.165, 1.54) is 17.2 Å². The lowest BCUT2D eigenvalue weighted by molar-refractivity contribution is 0.129. The number of nitrogens with two attached hydrogens (primary N) is 1. The number of amides is 1. The zero-order valence-electron chi connectivity index (χ0n) is 17.9. The van der Waals surface area contributed by atoms with Gasteiger partial charge in [-0.1, -0.05) is 11.3 Å². The number of carbonyl (C=O) groups is 1. The van der Waals surface area contributed by atoms with Crippen LogP contribution in [-0.2, 0) is 26.7 Å². The molecule has 3 aromatic rings. The molecule has 6 rings (SSSR count). The second-order valence-corrected chi connectivity index (χ2v) is 11.2. The molecular formula is C22H21FN6O4S. The van der Waals surface area contributed by atoms with Crippen LogP contribution in [0, 0.1) is 17.7 Å². The van der Waals surface area contributed by atoms with E-state index in [2.05, 4.69) is 15.3 Å². The SMILES string of the molecule is N[C@]1(c2ccc(-c3ccc(N4C[C@H](Cn5ccnn5)OC4=O)cc3F)cn2)[C@@H]2CS(=O)(=O)C[C@@H]21. The summed E-state index contributed by atoms with van der Waals surface area (Å²) in [4.78, 5) is 18.1. The topological polar surface area (TPSA) is 133 Å². The molecular weight excluding hydrogens is 463 g/mol. The van der Waals surface area contributed by atoms with E-state index in [-0.39, 0.29) is 29.9 Å². The lowest BCUT2D eigenvalue weighted by atomic mass is 10.0. The Bertz CT molecular complexity index is 1360. The number of sulfone groups is 1. The summed E-state index contributed by atoms with van der Waals surface area (Å²) in [6, 6.07) is 8.01. The number of anilines is 1. The monoisotopic (exact) mass is 484 g/mol. The second-order valence-electron chi connectivity index (χ2n) is 9.06. The molecule has 3 fully saturated rings. The molecule has 1 saturated carbocycles. The molecule has 176 valence electrons. The Morgan fingerprint density at radius 1 is 1.21 bits per heavy atom. The van der Waals surface area contributed by atoms with Crippen molar-refractivity contribution in [1.82, 2.24) is 20.0 Å². The average molecular weight is 485 g/mol. The van der Waals surface area contributed by atoms with Crippen LogP contribution in [0.4, 0.5) is 14.9 Å². The fraction of sp³-hybridized carbons (Fsp3) is 0.364. The summed E-state index contributed by atoms with van der Waals surface area (Å²) in [5, 5.41) is 7.59. The van der Waals surface area contributed by atoms with Gasteiger partial charge in [-0.05, 0) is 24.3 Å². The normalized spacial score (nSPS) is 29.2. The lowest BCUT2D eigenvalue weighted by Gasteiger charge is -2.16. The molecule has 12 heteroatoms. The number of aromatic nitrogens is 4. The van der Waals surface area contributed by atoms with Gasteiger partial charge in [-0.3, -0.25) is 9.88 Å². The largest absolute Gasteiger partial charge is 0.442 e. The van der Waals surface area contributed by atoms with Crippen molar-refractivity contribution in [2.45, 2.75) is 18.2 Å². The average Bonchev–Trinajstić information content (AvgIpc) is 3.30. The van der Waals surface area contributed by atoms with E-state index >= 15 is 4.39 Å². The molecule has 0 bridgehead atoms. The predicted molar refractivity (Wildman–Crippen MR) is 119 cm³/mol. The van der Waals surface area contributed by atoms with E-state index in [0.717, 1.165) is 0 Å². The molecule has 1 aromatic carbocycles. The summed E-state index contributed by atoms with van der Waals surface area (Å²) in [6.45, 7) is 0.626. The van der Waals surface area contributed by atoms with Crippen LogP contribution in [0.25, 0.3) is 11.1 Å². The number of ether oxygens (including phenoxy) is 1. The zero-order chi connectivity index (χ0) is 23.7. The van der Waals surface area contributed by atoms with Crippen molar-refractivity contribution in [3.05, 3.63) is 60.4 Å². The van der Waals surface area contributed by atoms with E-state index in [9.17, 15) is 13.2 Å². The van der Waals surface area contributed by atoms with E-state index in [4.69, 9.17) is 10.5 Å². The van der Waals surface area contributed by atoms with Crippen LogP contribution < -0.4 is 10.6 Å². The van der Waals surface area contributed by atoms with Gasteiger partial charge in [0.2, 0.25) is 0 Å². The van der Waals surface area contributed by atoms with Crippen LogP contribution >= 0.6 is 0 Å². The minimum atomic E-state index is -3.01. The van der Waals surface area contributed by atoms with Gasteiger partial charge < -0.3 is 10.5 Å². The fourth-order valence-corrected chi connectivity index (χ4v) is 7.39. The number of nitrogens with zero attached hydrogens (tertiary/aromatic N) is 5. The first-order valence-electron chi connectivity index (χ1n) is 10.8. The first-order chi connectivity index (χ1) is 16.2. The van der Waals surface area contributed by atoms with Gasteiger partial charge in [0, 0.05) is 35.4 Å². The number of benzene rings is 1. The number of rotatable bonds is 5. The van der Waals surface area contributed by atoms with Crippen LogP contribution in [0.15, 0.2) is 48.9 Å². The number of pyridine rings is 1. The first kappa shape index (κ1) is 21.2. The van der Waals surface area contributed by atoms with E-state index in [1.54, 1.807) is 41.3 Å². The lowest BCUT2D eigenvalue weighted by Crippen LogP contribution is -2.31. The number of fused-ring (bicyclic) bond motifs is 1.